The summed E-state index contributed by atoms with van der Waals surface area (Å²) in [6, 6.07) is 7.35. The van der Waals surface area contributed by atoms with E-state index in [1.165, 1.54) is 4.90 Å². The van der Waals surface area contributed by atoms with Crippen molar-refractivity contribution in [2.75, 3.05) is 4.90 Å². The number of benzene rings is 1. The summed E-state index contributed by atoms with van der Waals surface area (Å²) in [5, 5.41) is 0. The smallest absolute Gasteiger partial charge is 0.234 e. The van der Waals surface area contributed by atoms with Crippen LogP contribution in [0, 0.1) is 0 Å². The van der Waals surface area contributed by atoms with Crippen molar-refractivity contribution < 1.29 is 9.59 Å². The van der Waals surface area contributed by atoms with Gasteiger partial charge in [-0.1, -0.05) is 44.0 Å². The number of anilines is 1. The van der Waals surface area contributed by atoms with Crippen molar-refractivity contribution in [3.05, 3.63) is 29.8 Å². The molecule has 5 heteroatoms. The maximum Gasteiger partial charge on any atom is 0.234 e. The molecular weight excluding hydrogens is 338 g/mol. The van der Waals surface area contributed by atoms with Crippen LogP contribution in [0.5, 0.6) is 0 Å². The summed E-state index contributed by atoms with van der Waals surface area (Å²) in [7, 11) is 0. The molecule has 0 spiro atoms. The molecule has 1 aliphatic rings. The first-order valence-corrected chi connectivity index (χ1v) is 6.66. The Morgan fingerprint density at radius 2 is 1.75 bits per heavy atom. The third-order valence-electron chi connectivity index (χ3n) is 2.43. The second-order valence-electron chi connectivity index (χ2n) is 3.52. The van der Waals surface area contributed by atoms with Gasteiger partial charge in [-0.15, -0.1) is 0 Å². The van der Waals surface area contributed by atoms with Crippen molar-refractivity contribution in [3.8, 4) is 0 Å². The summed E-state index contributed by atoms with van der Waals surface area (Å²) >= 11 is 6.77. The zero-order valence-corrected chi connectivity index (χ0v) is 11.5. The Morgan fingerprint density at radius 1 is 1.12 bits per heavy atom. The number of imide groups is 1. The molecule has 84 valence electrons. The highest BCUT2D eigenvalue weighted by Crippen LogP contribution is 2.32. The predicted octanol–water partition coefficient (Wildman–Crippen LogP) is 3.13. The molecule has 0 aromatic heterocycles. The van der Waals surface area contributed by atoms with Crippen LogP contribution in [0.2, 0.25) is 0 Å². The minimum Gasteiger partial charge on any atom is -0.274 e. The fraction of sp³-hybridized carbons (Fsp3) is 0.273. The second-order valence-corrected chi connectivity index (χ2v) is 6.58. The lowest BCUT2D eigenvalue weighted by Crippen LogP contribution is -2.28. The molecule has 1 aromatic carbocycles. The third kappa shape index (κ3) is 2.20. The lowest BCUT2D eigenvalue weighted by molar-refractivity contribution is -0.121. The van der Waals surface area contributed by atoms with E-state index in [1.807, 2.05) is 18.2 Å². The van der Waals surface area contributed by atoms with Crippen molar-refractivity contribution in [1.82, 2.24) is 0 Å². The minimum atomic E-state index is -0.122. The first-order valence-electron chi connectivity index (χ1n) is 4.83. The molecule has 1 saturated heterocycles. The van der Waals surface area contributed by atoms with E-state index in [0.29, 0.717) is 18.5 Å². The van der Waals surface area contributed by atoms with Gasteiger partial charge in [0, 0.05) is 12.8 Å². The molecule has 1 aliphatic heterocycles. The summed E-state index contributed by atoms with van der Waals surface area (Å²) in [6.07, 6.45) is 0.629. The third-order valence-corrected chi connectivity index (χ3v) is 3.49. The van der Waals surface area contributed by atoms with E-state index >= 15 is 0 Å². The summed E-state index contributed by atoms with van der Waals surface area (Å²) in [5.74, 6) is -0.245. The van der Waals surface area contributed by atoms with Gasteiger partial charge in [-0.3, -0.25) is 14.5 Å². The first kappa shape index (κ1) is 11.8. The molecule has 1 aromatic rings. The molecule has 3 nitrogen and oxygen atoms in total. The number of hydrogen-bond donors (Lipinski definition) is 0. The molecule has 0 saturated carbocycles. The van der Waals surface area contributed by atoms with Gasteiger partial charge in [-0.05, 0) is 17.7 Å². The monoisotopic (exact) mass is 345 g/mol. The van der Waals surface area contributed by atoms with Crippen LogP contribution in [0.1, 0.15) is 22.1 Å². The SMILES string of the molecule is O=C1CCC(=O)N1c1cccc(C(Br)Br)c1. The van der Waals surface area contributed by atoms with E-state index in [0.717, 1.165) is 5.56 Å². The highest BCUT2D eigenvalue weighted by atomic mass is 79.9. The molecule has 2 rings (SSSR count). The van der Waals surface area contributed by atoms with Gasteiger partial charge < -0.3 is 0 Å². The van der Waals surface area contributed by atoms with Gasteiger partial charge in [0.25, 0.3) is 0 Å². The summed E-state index contributed by atoms with van der Waals surface area (Å²) < 4.78 is 0.0211. The molecule has 0 aliphatic carbocycles. The Labute approximate surface area is 110 Å². The standard InChI is InChI=1S/C11H9Br2NO2/c12-11(13)7-2-1-3-8(6-7)14-9(15)4-5-10(14)16/h1-3,6,11H,4-5H2. The van der Waals surface area contributed by atoms with E-state index in [9.17, 15) is 9.59 Å². The average Bonchev–Trinajstić information content (AvgIpc) is 2.59. The number of rotatable bonds is 2. The number of halogens is 2. The normalized spacial score (nSPS) is 16.3. The lowest BCUT2D eigenvalue weighted by atomic mass is 10.2. The van der Waals surface area contributed by atoms with E-state index in [2.05, 4.69) is 31.9 Å². The number of carbonyl (C=O) groups is 2. The van der Waals surface area contributed by atoms with Gasteiger partial charge in [0.05, 0.1) is 9.42 Å². The van der Waals surface area contributed by atoms with Crippen LogP contribution < -0.4 is 4.90 Å². The van der Waals surface area contributed by atoms with E-state index in [-0.39, 0.29) is 15.6 Å². The van der Waals surface area contributed by atoms with E-state index in [1.54, 1.807) is 6.07 Å². The van der Waals surface area contributed by atoms with Crippen LogP contribution in [0.3, 0.4) is 0 Å². The summed E-state index contributed by atoms with van der Waals surface area (Å²) in [5.41, 5.74) is 1.62. The Hall–Kier alpha value is -0.680. The average molecular weight is 347 g/mol. The van der Waals surface area contributed by atoms with Crippen molar-refractivity contribution in [1.29, 1.82) is 0 Å². The van der Waals surface area contributed by atoms with Crippen molar-refractivity contribution in [2.24, 2.45) is 0 Å². The van der Waals surface area contributed by atoms with Gasteiger partial charge >= 0.3 is 0 Å². The number of hydrogen-bond acceptors (Lipinski definition) is 2. The summed E-state index contributed by atoms with van der Waals surface area (Å²) in [6.45, 7) is 0. The van der Waals surface area contributed by atoms with Crippen molar-refractivity contribution in [3.63, 3.8) is 0 Å². The molecule has 0 bridgehead atoms. The van der Waals surface area contributed by atoms with Crippen LogP contribution in [0.4, 0.5) is 5.69 Å². The predicted molar refractivity (Wildman–Crippen MR) is 68.8 cm³/mol. The molecule has 16 heavy (non-hydrogen) atoms. The van der Waals surface area contributed by atoms with Crippen LogP contribution in [-0.4, -0.2) is 11.8 Å². The Bertz CT molecular complexity index is 429. The number of nitrogens with zero attached hydrogens (tertiary/aromatic N) is 1. The van der Waals surface area contributed by atoms with Crippen molar-refractivity contribution in [2.45, 2.75) is 16.6 Å². The maximum absolute atomic E-state index is 11.5. The topological polar surface area (TPSA) is 37.4 Å². The van der Waals surface area contributed by atoms with Gasteiger partial charge in [0.2, 0.25) is 11.8 Å². The fourth-order valence-electron chi connectivity index (χ4n) is 1.66. The summed E-state index contributed by atoms with van der Waals surface area (Å²) in [4.78, 5) is 24.4. The molecular formula is C11H9Br2NO2. The van der Waals surface area contributed by atoms with E-state index < -0.39 is 0 Å². The van der Waals surface area contributed by atoms with Gasteiger partial charge in [0.15, 0.2) is 0 Å². The highest BCUT2D eigenvalue weighted by Gasteiger charge is 2.30. The van der Waals surface area contributed by atoms with Crippen LogP contribution in [0.15, 0.2) is 24.3 Å². The minimum absolute atomic E-state index is 0.0211. The molecule has 0 N–H and O–H groups in total. The van der Waals surface area contributed by atoms with Crippen LogP contribution in [-0.2, 0) is 9.59 Å². The van der Waals surface area contributed by atoms with Crippen molar-refractivity contribution >= 4 is 49.4 Å². The molecule has 2 amide bonds. The Balaban J connectivity index is 2.36. The fourth-order valence-corrected chi connectivity index (χ4v) is 2.23. The molecule has 0 unspecified atom stereocenters. The highest BCUT2D eigenvalue weighted by molar-refractivity contribution is 9.24. The number of alkyl halides is 2. The number of amides is 2. The van der Waals surface area contributed by atoms with Gasteiger partial charge in [-0.2, -0.15) is 0 Å². The number of carbonyl (C=O) groups excluding carboxylic acids is 2. The lowest BCUT2D eigenvalue weighted by Gasteiger charge is -2.15. The van der Waals surface area contributed by atoms with Crippen LogP contribution >= 0.6 is 31.9 Å². The Morgan fingerprint density at radius 3 is 2.31 bits per heavy atom. The first-order chi connectivity index (χ1) is 7.59. The second kappa shape index (κ2) is 4.67. The molecule has 1 heterocycles. The van der Waals surface area contributed by atoms with Gasteiger partial charge in [0.1, 0.15) is 0 Å². The maximum atomic E-state index is 11.5. The van der Waals surface area contributed by atoms with Crippen LogP contribution in [0.25, 0.3) is 0 Å². The molecule has 0 atom stereocenters. The quantitative estimate of drug-likeness (QED) is 0.609. The van der Waals surface area contributed by atoms with Gasteiger partial charge in [-0.25, -0.2) is 0 Å². The molecule has 0 radical (unpaired) electrons. The molecule has 1 fully saturated rings. The largest absolute Gasteiger partial charge is 0.274 e. The Kier molecular flexibility index (Phi) is 3.44. The van der Waals surface area contributed by atoms with E-state index in [4.69, 9.17) is 0 Å². The zero-order chi connectivity index (χ0) is 11.7. The zero-order valence-electron chi connectivity index (χ0n) is 8.32.